The number of hydrogen-bond donors (Lipinski definition) is 2. The Bertz CT molecular complexity index is 632. The molecule has 2 aromatic rings. The predicted octanol–water partition coefficient (Wildman–Crippen LogP) is 3.34. The van der Waals surface area contributed by atoms with Gasteiger partial charge in [-0.15, -0.1) is 24.0 Å². The SMILES string of the molecule is CCc1ccccc1CNC(=NC)NCc1nc(C)c(C)o1.I. The predicted molar refractivity (Wildman–Crippen MR) is 104 cm³/mol. The zero-order valence-electron chi connectivity index (χ0n) is 14.1. The van der Waals surface area contributed by atoms with Crippen molar-refractivity contribution in [1.29, 1.82) is 0 Å². The highest BCUT2D eigenvalue weighted by atomic mass is 127. The van der Waals surface area contributed by atoms with Gasteiger partial charge in [-0.1, -0.05) is 31.2 Å². The Hall–Kier alpha value is -1.57. The molecule has 0 amide bonds. The Balaban J connectivity index is 0.00000264. The van der Waals surface area contributed by atoms with E-state index < -0.39 is 0 Å². The zero-order valence-corrected chi connectivity index (χ0v) is 16.5. The highest BCUT2D eigenvalue weighted by Gasteiger charge is 2.07. The molecule has 0 aliphatic heterocycles. The highest BCUT2D eigenvalue weighted by Crippen LogP contribution is 2.09. The third kappa shape index (κ3) is 5.53. The van der Waals surface area contributed by atoms with Gasteiger partial charge in [-0.25, -0.2) is 4.98 Å². The van der Waals surface area contributed by atoms with Crippen molar-refractivity contribution in [2.45, 2.75) is 40.3 Å². The van der Waals surface area contributed by atoms with Gasteiger partial charge in [-0.05, 0) is 31.4 Å². The van der Waals surface area contributed by atoms with Gasteiger partial charge < -0.3 is 15.1 Å². The maximum absolute atomic E-state index is 5.55. The van der Waals surface area contributed by atoms with Crippen LogP contribution in [0.15, 0.2) is 33.7 Å². The van der Waals surface area contributed by atoms with Crippen LogP contribution in [-0.4, -0.2) is 18.0 Å². The standard InChI is InChI=1S/C17H24N4O.HI/c1-5-14-8-6-7-9-15(14)10-19-17(18-4)20-11-16-21-12(2)13(3)22-16;/h6-9H,5,10-11H2,1-4H3,(H2,18,19,20);1H. The molecule has 1 aromatic heterocycles. The fourth-order valence-corrected chi connectivity index (χ4v) is 2.25. The summed E-state index contributed by atoms with van der Waals surface area (Å²) in [6.45, 7) is 7.29. The molecule has 0 aliphatic rings. The summed E-state index contributed by atoms with van der Waals surface area (Å²) in [4.78, 5) is 8.58. The molecule has 0 saturated heterocycles. The fourth-order valence-electron chi connectivity index (χ4n) is 2.25. The molecular formula is C17H25IN4O. The lowest BCUT2D eigenvalue weighted by Gasteiger charge is -2.12. The molecule has 23 heavy (non-hydrogen) atoms. The van der Waals surface area contributed by atoms with Crippen molar-refractivity contribution in [3.8, 4) is 0 Å². The highest BCUT2D eigenvalue weighted by molar-refractivity contribution is 14.0. The second kappa shape index (κ2) is 9.54. The summed E-state index contributed by atoms with van der Waals surface area (Å²) in [7, 11) is 1.76. The molecule has 0 saturated carbocycles. The van der Waals surface area contributed by atoms with Crippen LogP contribution < -0.4 is 10.6 Å². The number of halogens is 1. The van der Waals surface area contributed by atoms with Gasteiger partial charge in [0.15, 0.2) is 5.96 Å². The van der Waals surface area contributed by atoms with E-state index in [0.29, 0.717) is 12.4 Å². The normalized spacial score (nSPS) is 11.0. The summed E-state index contributed by atoms with van der Waals surface area (Å²) in [6, 6.07) is 8.43. The van der Waals surface area contributed by atoms with Gasteiger partial charge in [0, 0.05) is 13.6 Å². The van der Waals surface area contributed by atoms with Crippen LogP contribution in [-0.2, 0) is 19.5 Å². The van der Waals surface area contributed by atoms with Gasteiger partial charge in [0.2, 0.25) is 5.89 Å². The second-order valence-corrected chi connectivity index (χ2v) is 5.15. The second-order valence-electron chi connectivity index (χ2n) is 5.15. The molecule has 1 aromatic carbocycles. The number of aromatic nitrogens is 1. The minimum absolute atomic E-state index is 0. The van der Waals surface area contributed by atoms with E-state index in [4.69, 9.17) is 4.42 Å². The van der Waals surface area contributed by atoms with E-state index in [0.717, 1.165) is 30.4 Å². The largest absolute Gasteiger partial charge is 0.444 e. The topological polar surface area (TPSA) is 62.5 Å². The zero-order chi connectivity index (χ0) is 15.9. The Morgan fingerprint density at radius 3 is 2.35 bits per heavy atom. The molecule has 5 nitrogen and oxygen atoms in total. The monoisotopic (exact) mass is 428 g/mol. The molecule has 0 unspecified atom stereocenters. The molecule has 2 N–H and O–H groups in total. The van der Waals surface area contributed by atoms with Crippen molar-refractivity contribution in [1.82, 2.24) is 15.6 Å². The number of nitrogens with one attached hydrogen (secondary N) is 2. The number of benzene rings is 1. The average Bonchev–Trinajstić information content (AvgIpc) is 2.86. The minimum atomic E-state index is 0. The first-order chi connectivity index (χ1) is 10.6. The number of guanidine groups is 1. The average molecular weight is 428 g/mol. The third-order valence-corrected chi connectivity index (χ3v) is 3.65. The summed E-state index contributed by atoms with van der Waals surface area (Å²) in [6.07, 6.45) is 1.03. The lowest BCUT2D eigenvalue weighted by molar-refractivity contribution is 0.463. The van der Waals surface area contributed by atoms with Crippen LogP contribution in [0.1, 0.15) is 35.4 Å². The van der Waals surface area contributed by atoms with Crippen LogP contribution in [0.3, 0.4) is 0 Å². The van der Waals surface area contributed by atoms with Crippen molar-refractivity contribution in [2.75, 3.05) is 7.05 Å². The Labute approximate surface area is 155 Å². The first kappa shape index (κ1) is 19.5. The van der Waals surface area contributed by atoms with Gasteiger partial charge in [0.25, 0.3) is 0 Å². The molecule has 126 valence electrons. The number of aryl methyl sites for hydroxylation is 3. The summed E-state index contributed by atoms with van der Waals surface area (Å²) >= 11 is 0. The molecule has 0 bridgehead atoms. The van der Waals surface area contributed by atoms with Crippen molar-refractivity contribution in [3.63, 3.8) is 0 Å². The Kier molecular flexibility index (Phi) is 8.08. The molecule has 6 heteroatoms. The van der Waals surface area contributed by atoms with Gasteiger partial charge >= 0.3 is 0 Å². The molecule has 0 fully saturated rings. The third-order valence-electron chi connectivity index (χ3n) is 3.65. The Morgan fingerprint density at radius 2 is 1.78 bits per heavy atom. The van der Waals surface area contributed by atoms with E-state index >= 15 is 0 Å². The van der Waals surface area contributed by atoms with E-state index in [1.807, 2.05) is 13.8 Å². The van der Waals surface area contributed by atoms with Crippen LogP contribution in [0.5, 0.6) is 0 Å². The van der Waals surface area contributed by atoms with Crippen molar-refractivity contribution < 1.29 is 4.42 Å². The first-order valence-electron chi connectivity index (χ1n) is 7.58. The fraction of sp³-hybridized carbons (Fsp3) is 0.412. The minimum Gasteiger partial charge on any atom is -0.444 e. The number of rotatable bonds is 5. The summed E-state index contributed by atoms with van der Waals surface area (Å²) in [5, 5.41) is 6.54. The van der Waals surface area contributed by atoms with E-state index in [2.05, 4.69) is 51.8 Å². The molecular weight excluding hydrogens is 403 g/mol. The molecule has 0 aliphatic carbocycles. The lowest BCUT2D eigenvalue weighted by atomic mass is 10.1. The first-order valence-corrected chi connectivity index (χ1v) is 7.58. The number of oxazole rings is 1. The van der Waals surface area contributed by atoms with Gasteiger partial charge in [-0.3, -0.25) is 4.99 Å². The summed E-state index contributed by atoms with van der Waals surface area (Å²) in [5.74, 6) is 2.27. The van der Waals surface area contributed by atoms with Crippen molar-refractivity contribution in [2.24, 2.45) is 4.99 Å². The number of nitrogens with zero attached hydrogens (tertiary/aromatic N) is 2. The number of aliphatic imine (C=N–C) groups is 1. The molecule has 0 radical (unpaired) electrons. The van der Waals surface area contributed by atoms with Crippen LogP contribution in [0.4, 0.5) is 0 Å². The maximum Gasteiger partial charge on any atom is 0.214 e. The van der Waals surface area contributed by atoms with Crippen molar-refractivity contribution >= 4 is 29.9 Å². The summed E-state index contributed by atoms with van der Waals surface area (Å²) < 4.78 is 5.55. The van der Waals surface area contributed by atoms with E-state index in [1.165, 1.54) is 11.1 Å². The van der Waals surface area contributed by atoms with Crippen molar-refractivity contribution in [3.05, 3.63) is 52.7 Å². The van der Waals surface area contributed by atoms with Gasteiger partial charge in [0.05, 0.1) is 12.2 Å². The van der Waals surface area contributed by atoms with Crippen LogP contribution >= 0.6 is 24.0 Å². The van der Waals surface area contributed by atoms with Gasteiger partial charge in [0.1, 0.15) is 5.76 Å². The lowest BCUT2D eigenvalue weighted by Crippen LogP contribution is -2.36. The molecule has 1 heterocycles. The smallest absolute Gasteiger partial charge is 0.214 e. The molecule has 2 rings (SSSR count). The number of hydrogen-bond acceptors (Lipinski definition) is 3. The van der Waals surface area contributed by atoms with Crippen LogP contribution in [0.25, 0.3) is 0 Å². The maximum atomic E-state index is 5.55. The Morgan fingerprint density at radius 1 is 1.13 bits per heavy atom. The van der Waals surface area contributed by atoms with E-state index in [-0.39, 0.29) is 24.0 Å². The van der Waals surface area contributed by atoms with Crippen LogP contribution in [0, 0.1) is 13.8 Å². The van der Waals surface area contributed by atoms with E-state index in [1.54, 1.807) is 7.05 Å². The molecule has 0 atom stereocenters. The van der Waals surface area contributed by atoms with Gasteiger partial charge in [-0.2, -0.15) is 0 Å². The molecule has 0 spiro atoms. The summed E-state index contributed by atoms with van der Waals surface area (Å²) in [5.41, 5.74) is 3.57. The van der Waals surface area contributed by atoms with Crippen LogP contribution in [0.2, 0.25) is 0 Å². The quantitative estimate of drug-likeness (QED) is 0.436. The van der Waals surface area contributed by atoms with E-state index in [9.17, 15) is 0 Å².